The van der Waals surface area contributed by atoms with Gasteiger partial charge >= 0.3 is 0 Å². The fraction of sp³-hybridized carbons (Fsp3) is 0.600. The molecule has 6 heteroatoms. The lowest BCUT2D eigenvalue weighted by molar-refractivity contribution is 0.311. The van der Waals surface area contributed by atoms with Crippen molar-refractivity contribution in [3.63, 3.8) is 0 Å². The van der Waals surface area contributed by atoms with Crippen molar-refractivity contribution in [2.45, 2.75) is 39.8 Å². The number of sulfone groups is 1. The Bertz CT molecular complexity index is 571. The van der Waals surface area contributed by atoms with Crippen LogP contribution in [-0.4, -0.2) is 33.1 Å². The maximum atomic E-state index is 11.1. The van der Waals surface area contributed by atoms with Gasteiger partial charge in [-0.05, 0) is 31.0 Å². The smallest absolute Gasteiger partial charge is 0.147 e. The van der Waals surface area contributed by atoms with Gasteiger partial charge in [0.15, 0.2) is 0 Å². The Labute approximate surface area is 136 Å². The molecule has 0 unspecified atom stereocenters. The highest BCUT2D eigenvalue weighted by Gasteiger charge is 2.10. The lowest BCUT2D eigenvalue weighted by Crippen LogP contribution is -2.22. The number of hydrogen-bond donors (Lipinski definition) is 1. The molecule has 0 fully saturated rings. The zero-order valence-electron chi connectivity index (χ0n) is 13.1. The van der Waals surface area contributed by atoms with E-state index in [0.717, 1.165) is 27.9 Å². The number of hydrogen-bond acceptors (Lipinski definition) is 4. The second-order valence-electron chi connectivity index (χ2n) is 5.58. The quantitative estimate of drug-likeness (QED) is 0.707. The monoisotopic (exact) mass is 377 g/mol. The molecule has 0 aliphatic rings. The van der Waals surface area contributed by atoms with Gasteiger partial charge in [0.05, 0.1) is 12.4 Å². The van der Waals surface area contributed by atoms with Crippen LogP contribution >= 0.6 is 15.9 Å². The molecular formula is C15H24BrNO3S. The van der Waals surface area contributed by atoms with Crippen molar-refractivity contribution in [3.8, 4) is 5.75 Å². The van der Waals surface area contributed by atoms with Crippen LogP contribution < -0.4 is 10.1 Å². The minimum Gasteiger partial charge on any atom is -0.493 e. The molecule has 0 radical (unpaired) electrons. The van der Waals surface area contributed by atoms with E-state index >= 15 is 0 Å². The minimum atomic E-state index is -2.93. The number of rotatable bonds is 8. The van der Waals surface area contributed by atoms with Gasteiger partial charge in [0.25, 0.3) is 0 Å². The summed E-state index contributed by atoms with van der Waals surface area (Å²) in [4.78, 5) is 0. The number of halogens is 1. The van der Waals surface area contributed by atoms with Crippen molar-refractivity contribution >= 4 is 25.8 Å². The average Bonchev–Trinajstić information content (AvgIpc) is 2.32. The third kappa shape index (κ3) is 7.29. The Kier molecular flexibility index (Phi) is 7.16. The van der Waals surface area contributed by atoms with Gasteiger partial charge in [0.2, 0.25) is 0 Å². The molecule has 0 amide bonds. The van der Waals surface area contributed by atoms with E-state index in [1.54, 1.807) is 0 Å². The molecule has 21 heavy (non-hydrogen) atoms. The van der Waals surface area contributed by atoms with E-state index < -0.39 is 9.84 Å². The van der Waals surface area contributed by atoms with Gasteiger partial charge in [-0.15, -0.1) is 0 Å². The zero-order valence-corrected chi connectivity index (χ0v) is 15.5. The zero-order chi connectivity index (χ0) is 16.0. The van der Waals surface area contributed by atoms with E-state index in [9.17, 15) is 8.42 Å². The second-order valence-corrected chi connectivity index (χ2v) is 8.75. The van der Waals surface area contributed by atoms with Crippen LogP contribution in [0.25, 0.3) is 0 Å². The Morgan fingerprint density at radius 1 is 1.33 bits per heavy atom. The van der Waals surface area contributed by atoms with Gasteiger partial charge in [-0.3, -0.25) is 0 Å². The second kappa shape index (κ2) is 8.15. The van der Waals surface area contributed by atoms with Crippen molar-refractivity contribution in [2.75, 3.05) is 18.6 Å². The molecule has 0 aliphatic heterocycles. The van der Waals surface area contributed by atoms with Crippen LogP contribution in [0.2, 0.25) is 0 Å². The van der Waals surface area contributed by atoms with Crippen molar-refractivity contribution in [3.05, 3.63) is 27.7 Å². The molecule has 0 spiro atoms. The Morgan fingerprint density at radius 3 is 2.57 bits per heavy atom. The molecule has 0 saturated heterocycles. The van der Waals surface area contributed by atoms with E-state index in [2.05, 4.69) is 35.1 Å². The van der Waals surface area contributed by atoms with Crippen molar-refractivity contribution in [1.29, 1.82) is 0 Å². The largest absolute Gasteiger partial charge is 0.493 e. The number of ether oxygens (including phenoxy) is 1. The molecule has 0 atom stereocenters. The molecule has 0 aromatic heterocycles. The average molecular weight is 378 g/mol. The Morgan fingerprint density at radius 2 is 2.00 bits per heavy atom. The first kappa shape index (κ1) is 18.5. The van der Waals surface area contributed by atoms with Gasteiger partial charge in [-0.2, -0.15) is 0 Å². The molecule has 1 rings (SSSR count). The molecule has 120 valence electrons. The summed E-state index contributed by atoms with van der Waals surface area (Å²) in [7, 11) is -2.93. The van der Waals surface area contributed by atoms with Crippen LogP contribution in [0.4, 0.5) is 0 Å². The first-order valence-electron chi connectivity index (χ1n) is 7.02. The number of aryl methyl sites for hydroxylation is 1. The highest BCUT2D eigenvalue weighted by Crippen LogP contribution is 2.28. The fourth-order valence-electron chi connectivity index (χ4n) is 1.95. The van der Waals surface area contributed by atoms with Crippen molar-refractivity contribution in [2.24, 2.45) is 0 Å². The van der Waals surface area contributed by atoms with Crippen LogP contribution in [-0.2, 0) is 16.4 Å². The van der Waals surface area contributed by atoms with Crippen LogP contribution in [0, 0.1) is 6.92 Å². The maximum Gasteiger partial charge on any atom is 0.147 e. The van der Waals surface area contributed by atoms with Crippen LogP contribution in [0.1, 0.15) is 31.4 Å². The summed E-state index contributed by atoms with van der Waals surface area (Å²) in [6.07, 6.45) is 1.75. The first-order chi connectivity index (χ1) is 9.69. The molecule has 0 saturated carbocycles. The number of benzene rings is 1. The summed E-state index contributed by atoms with van der Waals surface area (Å²) in [5, 5.41) is 3.37. The highest BCUT2D eigenvalue weighted by atomic mass is 79.9. The normalized spacial score (nSPS) is 11.9. The minimum absolute atomic E-state index is 0.155. The van der Waals surface area contributed by atoms with Crippen LogP contribution in [0.3, 0.4) is 0 Å². The third-order valence-electron chi connectivity index (χ3n) is 2.92. The summed E-state index contributed by atoms with van der Waals surface area (Å²) >= 11 is 3.50. The third-order valence-corrected chi connectivity index (χ3v) is 4.41. The summed E-state index contributed by atoms with van der Waals surface area (Å²) in [6.45, 7) is 7.31. The molecule has 1 aromatic rings. The van der Waals surface area contributed by atoms with E-state index in [0.29, 0.717) is 19.1 Å². The predicted molar refractivity (Wildman–Crippen MR) is 90.7 cm³/mol. The van der Waals surface area contributed by atoms with Gasteiger partial charge in [-0.25, -0.2) is 8.42 Å². The Hall–Kier alpha value is -0.590. The molecule has 0 heterocycles. The number of nitrogens with one attached hydrogen (secondary N) is 1. The standard InChI is InChI=1S/C15H24BrNO3S/c1-11(2)17-10-13-9-14(16)8-12(3)15(13)20-6-5-7-21(4,18)19/h8-9,11,17H,5-7,10H2,1-4H3. The lowest BCUT2D eigenvalue weighted by Gasteiger charge is -2.16. The van der Waals surface area contributed by atoms with E-state index in [1.165, 1.54) is 6.26 Å². The molecule has 0 aliphatic carbocycles. The van der Waals surface area contributed by atoms with Crippen molar-refractivity contribution in [1.82, 2.24) is 5.32 Å². The maximum absolute atomic E-state index is 11.1. The molecular weight excluding hydrogens is 354 g/mol. The van der Waals surface area contributed by atoms with E-state index in [1.807, 2.05) is 19.1 Å². The molecule has 1 N–H and O–H groups in total. The van der Waals surface area contributed by atoms with Crippen molar-refractivity contribution < 1.29 is 13.2 Å². The van der Waals surface area contributed by atoms with E-state index in [-0.39, 0.29) is 5.75 Å². The topological polar surface area (TPSA) is 55.4 Å². The van der Waals surface area contributed by atoms with Gasteiger partial charge < -0.3 is 10.1 Å². The molecule has 0 bridgehead atoms. The summed E-state index contributed by atoms with van der Waals surface area (Å²) in [5.74, 6) is 1.00. The van der Waals surface area contributed by atoms with Crippen LogP contribution in [0.5, 0.6) is 5.75 Å². The molecule has 4 nitrogen and oxygen atoms in total. The SMILES string of the molecule is Cc1cc(Br)cc(CNC(C)C)c1OCCCS(C)(=O)=O. The summed E-state index contributed by atoms with van der Waals surface area (Å²) in [6, 6.07) is 4.43. The Balaban J connectivity index is 2.74. The molecule has 1 aromatic carbocycles. The van der Waals surface area contributed by atoms with Gasteiger partial charge in [0, 0.05) is 28.9 Å². The lowest BCUT2D eigenvalue weighted by atomic mass is 10.1. The van der Waals surface area contributed by atoms with Gasteiger partial charge in [0.1, 0.15) is 15.6 Å². The summed E-state index contributed by atoms with van der Waals surface area (Å²) < 4.78 is 29.1. The highest BCUT2D eigenvalue weighted by molar-refractivity contribution is 9.10. The van der Waals surface area contributed by atoms with Gasteiger partial charge in [-0.1, -0.05) is 29.8 Å². The van der Waals surface area contributed by atoms with Crippen LogP contribution in [0.15, 0.2) is 16.6 Å². The summed E-state index contributed by atoms with van der Waals surface area (Å²) in [5.41, 5.74) is 2.12. The predicted octanol–water partition coefficient (Wildman–Crippen LogP) is 3.07. The first-order valence-corrected chi connectivity index (χ1v) is 9.87. The fourth-order valence-corrected chi connectivity index (χ4v) is 3.21. The van der Waals surface area contributed by atoms with E-state index in [4.69, 9.17) is 4.74 Å².